The minimum atomic E-state index is 0.128. The number of rotatable bonds is 3. The lowest BCUT2D eigenvalue weighted by Gasteiger charge is -2.21. The number of fused-ring (bicyclic) bond motifs is 2. The highest BCUT2D eigenvalue weighted by Crippen LogP contribution is 2.29. The van der Waals surface area contributed by atoms with Crippen LogP contribution in [-0.4, -0.2) is 22.5 Å². The number of aryl methyl sites for hydroxylation is 1. The first-order valence-electron chi connectivity index (χ1n) is 9.07. The third-order valence-electron chi connectivity index (χ3n) is 4.82. The van der Waals surface area contributed by atoms with Crippen LogP contribution in [0.1, 0.15) is 30.5 Å². The van der Waals surface area contributed by atoms with E-state index < -0.39 is 0 Å². The van der Waals surface area contributed by atoms with Crippen molar-refractivity contribution in [2.24, 2.45) is 0 Å². The fourth-order valence-electron chi connectivity index (χ4n) is 3.65. The zero-order valence-electron chi connectivity index (χ0n) is 14.9. The highest BCUT2D eigenvalue weighted by molar-refractivity contribution is 5.83. The van der Waals surface area contributed by atoms with Crippen LogP contribution in [0.25, 0.3) is 10.9 Å². The molecule has 1 aliphatic rings. The van der Waals surface area contributed by atoms with E-state index in [1.165, 1.54) is 22.1 Å². The lowest BCUT2D eigenvalue weighted by molar-refractivity contribution is 0.153. The van der Waals surface area contributed by atoms with Gasteiger partial charge in [-0.1, -0.05) is 55.5 Å². The normalized spacial score (nSPS) is 17.8. The fraction of sp³-hybridized carbons (Fsp3) is 0.318. The van der Waals surface area contributed by atoms with Crippen molar-refractivity contribution in [2.45, 2.75) is 39.5 Å². The molecule has 128 valence electrons. The smallest absolute Gasteiger partial charge is 0.218 e. The average Bonchev–Trinajstić information content (AvgIpc) is 2.77. The molecule has 4 rings (SSSR count). The fourth-order valence-corrected chi connectivity index (χ4v) is 3.65. The van der Waals surface area contributed by atoms with Gasteiger partial charge < -0.3 is 4.74 Å². The maximum atomic E-state index is 6.18. The summed E-state index contributed by atoms with van der Waals surface area (Å²) < 4.78 is 6.18. The van der Waals surface area contributed by atoms with Crippen LogP contribution in [-0.2, 0) is 19.5 Å². The van der Waals surface area contributed by atoms with Gasteiger partial charge in [0.15, 0.2) is 0 Å². The maximum Gasteiger partial charge on any atom is 0.218 e. The van der Waals surface area contributed by atoms with E-state index in [0.717, 1.165) is 37.5 Å². The second-order valence-electron chi connectivity index (χ2n) is 6.88. The van der Waals surface area contributed by atoms with Crippen molar-refractivity contribution in [3.63, 3.8) is 0 Å². The molecular formula is C22H24N2O. The van der Waals surface area contributed by atoms with Gasteiger partial charge in [0.05, 0.1) is 5.52 Å². The minimum absolute atomic E-state index is 0.128. The molecule has 0 unspecified atom stereocenters. The molecule has 0 radical (unpaired) electrons. The molecule has 0 N–H and O–H groups in total. The summed E-state index contributed by atoms with van der Waals surface area (Å²) in [6.07, 6.45) is 1.11. The molecule has 25 heavy (non-hydrogen) atoms. The Morgan fingerprint density at radius 3 is 2.76 bits per heavy atom. The Kier molecular flexibility index (Phi) is 4.41. The lowest BCUT2D eigenvalue weighted by atomic mass is 10.1. The Morgan fingerprint density at radius 1 is 1.12 bits per heavy atom. The van der Waals surface area contributed by atoms with Crippen molar-refractivity contribution >= 4 is 10.9 Å². The van der Waals surface area contributed by atoms with Crippen LogP contribution >= 0.6 is 0 Å². The quantitative estimate of drug-likeness (QED) is 0.702. The van der Waals surface area contributed by atoms with Crippen LogP contribution in [0, 0.1) is 0 Å². The van der Waals surface area contributed by atoms with E-state index in [4.69, 9.17) is 9.72 Å². The molecule has 0 bridgehead atoms. The van der Waals surface area contributed by atoms with Gasteiger partial charge in [-0.2, -0.15) is 0 Å². The van der Waals surface area contributed by atoms with E-state index in [1.54, 1.807) is 0 Å². The number of hydrogen-bond donors (Lipinski definition) is 0. The first kappa shape index (κ1) is 16.1. The summed E-state index contributed by atoms with van der Waals surface area (Å²) in [4.78, 5) is 7.34. The summed E-state index contributed by atoms with van der Waals surface area (Å²) >= 11 is 0. The second kappa shape index (κ2) is 6.85. The number of benzene rings is 2. The molecule has 0 spiro atoms. The van der Waals surface area contributed by atoms with Crippen molar-refractivity contribution < 1.29 is 4.74 Å². The highest BCUT2D eigenvalue weighted by atomic mass is 16.5. The topological polar surface area (TPSA) is 25.4 Å². The second-order valence-corrected chi connectivity index (χ2v) is 6.88. The molecule has 1 atom stereocenters. The van der Waals surface area contributed by atoms with E-state index in [0.29, 0.717) is 0 Å². The molecule has 0 fully saturated rings. The van der Waals surface area contributed by atoms with Gasteiger partial charge in [0.25, 0.3) is 0 Å². The predicted molar refractivity (Wildman–Crippen MR) is 102 cm³/mol. The SMILES string of the molecule is CCc1cccc2cc3c(nc12)O[C@@H](C)CN(Cc1ccccc1)C3. The van der Waals surface area contributed by atoms with Gasteiger partial charge in [-0.3, -0.25) is 4.90 Å². The average molecular weight is 332 g/mol. The van der Waals surface area contributed by atoms with Gasteiger partial charge in [0, 0.05) is 30.6 Å². The molecule has 3 nitrogen and oxygen atoms in total. The molecule has 0 aliphatic carbocycles. The molecule has 2 heterocycles. The number of hydrogen-bond acceptors (Lipinski definition) is 3. The van der Waals surface area contributed by atoms with Crippen molar-refractivity contribution in [2.75, 3.05) is 6.54 Å². The molecule has 0 amide bonds. The lowest BCUT2D eigenvalue weighted by Crippen LogP contribution is -2.30. The van der Waals surface area contributed by atoms with Gasteiger partial charge in [0.1, 0.15) is 6.10 Å². The molecule has 2 aromatic carbocycles. The van der Waals surface area contributed by atoms with Gasteiger partial charge in [-0.15, -0.1) is 0 Å². The monoisotopic (exact) mass is 332 g/mol. The van der Waals surface area contributed by atoms with Crippen molar-refractivity contribution in [3.8, 4) is 5.88 Å². The number of pyridine rings is 1. The zero-order chi connectivity index (χ0) is 17.2. The van der Waals surface area contributed by atoms with Crippen LogP contribution in [0.15, 0.2) is 54.6 Å². The summed E-state index contributed by atoms with van der Waals surface area (Å²) in [5.74, 6) is 0.802. The number of para-hydroxylation sites is 1. The highest BCUT2D eigenvalue weighted by Gasteiger charge is 2.22. The molecule has 1 aromatic heterocycles. The minimum Gasteiger partial charge on any atom is -0.473 e. The number of aromatic nitrogens is 1. The van der Waals surface area contributed by atoms with Crippen LogP contribution in [0.5, 0.6) is 5.88 Å². The molecule has 0 saturated carbocycles. The van der Waals surface area contributed by atoms with E-state index in [1.807, 2.05) is 0 Å². The summed E-state index contributed by atoms with van der Waals surface area (Å²) in [5.41, 5.74) is 4.87. The van der Waals surface area contributed by atoms with E-state index in [9.17, 15) is 0 Å². The molecule has 1 aliphatic heterocycles. The third kappa shape index (κ3) is 3.38. The van der Waals surface area contributed by atoms with E-state index in [2.05, 4.69) is 73.3 Å². The summed E-state index contributed by atoms with van der Waals surface area (Å²) in [5, 5.41) is 1.20. The summed E-state index contributed by atoms with van der Waals surface area (Å²) in [6, 6.07) is 19.3. The van der Waals surface area contributed by atoms with Gasteiger partial charge in [0.2, 0.25) is 5.88 Å². The molecule has 0 saturated heterocycles. The molecule has 3 heteroatoms. The Morgan fingerprint density at radius 2 is 1.96 bits per heavy atom. The van der Waals surface area contributed by atoms with Crippen LogP contribution in [0.2, 0.25) is 0 Å². The number of nitrogens with zero attached hydrogens (tertiary/aromatic N) is 2. The molecule has 3 aromatic rings. The Balaban J connectivity index is 1.70. The van der Waals surface area contributed by atoms with Crippen LogP contribution in [0.3, 0.4) is 0 Å². The van der Waals surface area contributed by atoms with Crippen molar-refractivity contribution in [1.29, 1.82) is 0 Å². The van der Waals surface area contributed by atoms with E-state index in [-0.39, 0.29) is 6.10 Å². The summed E-state index contributed by atoms with van der Waals surface area (Å²) in [6.45, 7) is 7.01. The maximum absolute atomic E-state index is 6.18. The largest absolute Gasteiger partial charge is 0.473 e. The van der Waals surface area contributed by atoms with Crippen molar-refractivity contribution in [3.05, 3.63) is 71.3 Å². The van der Waals surface area contributed by atoms with E-state index >= 15 is 0 Å². The Labute approximate surface area is 149 Å². The zero-order valence-corrected chi connectivity index (χ0v) is 14.9. The van der Waals surface area contributed by atoms with Crippen LogP contribution < -0.4 is 4.74 Å². The standard InChI is InChI=1S/C22H24N2O/c1-3-18-10-7-11-19-12-20-15-24(14-17-8-5-4-6-9-17)13-16(2)25-22(20)23-21(18)19/h4-12,16H,3,13-15H2,1-2H3/t16-/m0/s1. The van der Waals surface area contributed by atoms with Crippen molar-refractivity contribution in [1.82, 2.24) is 9.88 Å². The molecular weight excluding hydrogens is 308 g/mol. The van der Waals surface area contributed by atoms with Gasteiger partial charge in [-0.05, 0) is 30.5 Å². The Hall–Kier alpha value is -2.39. The third-order valence-corrected chi connectivity index (χ3v) is 4.82. The summed E-state index contributed by atoms with van der Waals surface area (Å²) in [7, 11) is 0. The predicted octanol–water partition coefficient (Wildman–Crippen LogP) is 4.58. The number of ether oxygens (including phenoxy) is 1. The Bertz CT molecular complexity index is 876. The van der Waals surface area contributed by atoms with Gasteiger partial charge >= 0.3 is 0 Å². The first-order chi connectivity index (χ1) is 12.2. The van der Waals surface area contributed by atoms with Crippen LogP contribution in [0.4, 0.5) is 0 Å². The first-order valence-corrected chi connectivity index (χ1v) is 9.07. The van der Waals surface area contributed by atoms with Gasteiger partial charge in [-0.25, -0.2) is 4.98 Å².